The molecule has 0 bridgehead atoms. The van der Waals surface area contributed by atoms with Crippen molar-refractivity contribution in [1.82, 2.24) is 9.47 Å². The fourth-order valence-corrected chi connectivity index (χ4v) is 5.54. The third kappa shape index (κ3) is 3.93. The van der Waals surface area contributed by atoms with Crippen LogP contribution in [0.4, 0.5) is 13.2 Å². The Kier molecular flexibility index (Phi) is 6.00. The molecular formula is C22H27F3N2O4. The minimum absolute atomic E-state index is 0.151. The molecule has 1 aromatic heterocycles. The molecule has 6 nitrogen and oxygen atoms in total. The molecule has 0 spiro atoms. The molecule has 0 unspecified atom stereocenters. The van der Waals surface area contributed by atoms with Crippen molar-refractivity contribution in [3.05, 3.63) is 39.8 Å². The van der Waals surface area contributed by atoms with Crippen molar-refractivity contribution in [2.75, 3.05) is 20.3 Å². The van der Waals surface area contributed by atoms with Crippen LogP contribution in [0.3, 0.4) is 0 Å². The van der Waals surface area contributed by atoms with Crippen LogP contribution in [-0.2, 0) is 16.1 Å². The Bertz CT molecular complexity index is 940. The number of alkyl halides is 3. The quantitative estimate of drug-likeness (QED) is 0.713. The lowest BCUT2D eigenvalue weighted by Crippen LogP contribution is -2.44. The van der Waals surface area contributed by atoms with Crippen molar-refractivity contribution in [2.45, 2.75) is 56.9 Å². The van der Waals surface area contributed by atoms with E-state index in [1.54, 1.807) is 16.7 Å². The normalized spacial score (nSPS) is 28.2. The molecule has 9 heteroatoms. The second-order valence-electron chi connectivity index (χ2n) is 8.59. The van der Waals surface area contributed by atoms with E-state index in [-0.39, 0.29) is 24.6 Å². The van der Waals surface area contributed by atoms with Gasteiger partial charge >= 0.3 is 12.1 Å². The summed E-state index contributed by atoms with van der Waals surface area (Å²) in [7, 11) is 1.19. The van der Waals surface area contributed by atoms with E-state index < -0.39 is 43.1 Å². The number of ether oxygens (including phenoxy) is 1. The molecule has 1 aliphatic carbocycles. The van der Waals surface area contributed by atoms with Crippen LogP contribution in [-0.4, -0.2) is 53.0 Å². The molecule has 1 fully saturated rings. The number of allylic oxidation sites excluding steroid dienone is 2. The SMILES string of the molecule is COC(=O)[C@@H]1[C@@H](CO)[C@@H]2Cn3c(ccc(C4=CCCCC4)c3=O)[C@@H]2N1CCC(F)(F)F. The van der Waals surface area contributed by atoms with Crippen molar-refractivity contribution in [2.24, 2.45) is 11.8 Å². The van der Waals surface area contributed by atoms with Gasteiger partial charge in [0, 0.05) is 42.8 Å². The molecule has 3 aliphatic rings. The van der Waals surface area contributed by atoms with E-state index in [0.717, 1.165) is 31.3 Å². The summed E-state index contributed by atoms with van der Waals surface area (Å²) in [5, 5.41) is 10.0. The van der Waals surface area contributed by atoms with Gasteiger partial charge in [-0.05, 0) is 43.4 Å². The van der Waals surface area contributed by atoms with Crippen LogP contribution in [0.25, 0.3) is 5.57 Å². The van der Waals surface area contributed by atoms with Crippen LogP contribution in [0.5, 0.6) is 0 Å². The topological polar surface area (TPSA) is 71.8 Å². The minimum Gasteiger partial charge on any atom is -0.468 e. The maximum atomic E-state index is 13.3. The predicted molar refractivity (Wildman–Crippen MR) is 107 cm³/mol. The average Bonchev–Trinajstić information content (AvgIpc) is 3.27. The van der Waals surface area contributed by atoms with Gasteiger partial charge in [0.25, 0.3) is 5.56 Å². The maximum Gasteiger partial charge on any atom is 0.390 e. The summed E-state index contributed by atoms with van der Waals surface area (Å²) < 4.78 is 45.5. The number of rotatable bonds is 5. The molecule has 0 aromatic carbocycles. The van der Waals surface area contributed by atoms with Crippen molar-refractivity contribution in [1.29, 1.82) is 0 Å². The van der Waals surface area contributed by atoms with Gasteiger partial charge in [-0.15, -0.1) is 0 Å². The van der Waals surface area contributed by atoms with E-state index in [1.807, 2.05) is 0 Å². The van der Waals surface area contributed by atoms with E-state index in [1.165, 1.54) is 12.0 Å². The molecule has 1 aromatic rings. The Balaban J connectivity index is 1.74. The Hall–Kier alpha value is -2.13. The monoisotopic (exact) mass is 440 g/mol. The first-order chi connectivity index (χ1) is 14.8. The number of aliphatic hydroxyl groups is 1. The highest BCUT2D eigenvalue weighted by molar-refractivity contribution is 5.77. The van der Waals surface area contributed by atoms with E-state index >= 15 is 0 Å². The molecular weight excluding hydrogens is 413 g/mol. The van der Waals surface area contributed by atoms with E-state index in [9.17, 15) is 27.9 Å². The van der Waals surface area contributed by atoms with Gasteiger partial charge in [0.15, 0.2) is 0 Å². The third-order valence-corrected chi connectivity index (χ3v) is 6.92. The predicted octanol–water partition coefficient (Wildman–Crippen LogP) is 2.89. The summed E-state index contributed by atoms with van der Waals surface area (Å²) in [5.41, 5.74) is 2.10. The van der Waals surface area contributed by atoms with Crippen molar-refractivity contribution in [3.63, 3.8) is 0 Å². The number of pyridine rings is 1. The number of hydrogen-bond donors (Lipinski definition) is 1. The number of halogens is 3. The number of aromatic nitrogens is 1. The number of carbonyl (C=O) groups is 1. The van der Waals surface area contributed by atoms with Crippen LogP contribution in [0.2, 0.25) is 0 Å². The highest BCUT2D eigenvalue weighted by atomic mass is 19.4. The first-order valence-electron chi connectivity index (χ1n) is 10.7. The summed E-state index contributed by atoms with van der Waals surface area (Å²) in [4.78, 5) is 27.2. The van der Waals surface area contributed by atoms with E-state index in [4.69, 9.17) is 4.74 Å². The molecule has 3 heterocycles. The molecule has 1 saturated heterocycles. The molecule has 1 N–H and O–H groups in total. The molecule has 4 atom stereocenters. The summed E-state index contributed by atoms with van der Waals surface area (Å²) in [6.45, 7) is -0.507. The van der Waals surface area contributed by atoms with Gasteiger partial charge in [-0.25, -0.2) is 0 Å². The molecule has 0 radical (unpaired) electrons. The number of esters is 1. The molecule has 0 saturated carbocycles. The van der Waals surface area contributed by atoms with Gasteiger partial charge < -0.3 is 14.4 Å². The maximum absolute atomic E-state index is 13.3. The molecule has 0 amide bonds. The second-order valence-corrected chi connectivity index (χ2v) is 8.59. The van der Waals surface area contributed by atoms with Gasteiger partial charge in [0.05, 0.1) is 19.6 Å². The second kappa shape index (κ2) is 8.43. The highest BCUT2D eigenvalue weighted by Crippen LogP contribution is 2.49. The van der Waals surface area contributed by atoms with Crippen LogP contribution in [0.15, 0.2) is 23.0 Å². The number of fused-ring (bicyclic) bond motifs is 3. The van der Waals surface area contributed by atoms with Crippen LogP contribution in [0.1, 0.15) is 49.4 Å². The van der Waals surface area contributed by atoms with Gasteiger partial charge in [-0.3, -0.25) is 14.5 Å². The largest absolute Gasteiger partial charge is 0.468 e. The molecule has 31 heavy (non-hydrogen) atoms. The lowest BCUT2D eigenvalue weighted by atomic mass is 9.88. The van der Waals surface area contributed by atoms with E-state index in [0.29, 0.717) is 11.3 Å². The van der Waals surface area contributed by atoms with E-state index in [2.05, 4.69) is 6.08 Å². The van der Waals surface area contributed by atoms with Gasteiger partial charge in [0.1, 0.15) is 6.04 Å². The van der Waals surface area contributed by atoms with Crippen LogP contribution in [0, 0.1) is 11.8 Å². The lowest BCUT2D eigenvalue weighted by molar-refractivity contribution is -0.154. The fraction of sp³-hybridized carbons (Fsp3) is 0.636. The fourth-order valence-electron chi connectivity index (χ4n) is 5.54. The number of nitrogens with zero attached hydrogens (tertiary/aromatic N) is 2. The van der Waals surface area contributed by atoms with Gasteiger partial charge in [-0.2, -0.15) is 13.2 Å². The summed E-state index contributed by atoms with van der Waals surface area (Å²) in [5.74, 6) is -1.61. The van der Waals surface area contributed by atoms with Gasteiger partial charge in [-0.1, -0.05) is 6.08 Å². The number of methoxy groups -OCH3 is 1. The smallest absolute Gasteiger partial charge is 0.390 e. The Labute approximate surface area is 178 Å². The molecule has 2 aliphatic heterocycles. The number of hydrogen-bond acceptors (Lipinski definition) is 5. The highest BCUT2D eigenvalue weighted by Gasteiger charge is 2.56. The first kappa shape index (κ1) is 22.1. The van der Waals surface area contributed by atoms with Gasteiger partial charge in [0.2, 0.25) is 0 Å². The van der Waals surface area contributed by atoms with Crippen LogP contribution < -0.4 is 5.56 Å². The van der Waals surface area contributed by atoms with Crippen molar-refractivity contribution < 1.29 is 27.8 Å². The lowest BCUT2D eigenvalue weighted by Gasteiger charge is -2.30. The summed E-state index contributed by atoms with van der Waals surface area (Å²) in [6.07, 6.45) is 0.504. The Morgan fingerprint density at radius 2 is 2.06 bits per heavy atom. The number of carbonyl (C=O) groups excluding carboxylic acids is 1. The number of likely N-dealkylation sites (tertiary alicyclic amines) is 1. The van der Waals surface area contributed by atoms with Crippen LogP contribution >= 0.6 is 0 Å². The summed E-state index contributed by atoms with van der Waals surface area (Å²) in [6, 6.07) is 2.03. The molecule has 170 valence electrons. The number of aliphatic hydroxyl groups excluding tert-OH is 1. The zero-order chi connectivity index (χ0) is 22.3. The zero-order valence-electron chi connectivity index (χ0n) is 17.4. The first-order valence-corrected chi connectivity index (χ1v) is 10.7. The standard InChI is InChI=1S/C22H27F3N2O4/c1-31-21(30)19-16(12-28)15-11-27-17(18(15)26(19)10-9-22(23,24)25)8-7-14(20(27)29)13-5-3-2-4-6-13/h5,7-8,15-16,18-19,28H,2-4,6,9-12H2,1H3/t15-,16-,18+,19-/m0/s1. The summed E-state index contributed by atoms with van der Waals surface area (Å²) >= 11 is 0. The van der Waals surface area contributed by atoms with Crippen molar-refractivity contribution in [3.8, 4) is 0 Å². The minimum atomic E-state index is -4.39. The average molecular weight is 440 g/mol. The van der Waals surface area contributed by atoms with Crippen molar-refractivity contribution >= 4 is 11.5 Å². The zero-order valence-corrected chi connectivity index (χ0v) is 17.4. The molecule has 4 rings (SSSR count). The third-order valence-electron chi connectivity index (χ3n) is 6.92. The Morgan fingerprint density at radius 3 is 2.68 bits per heavy atom. The Morgan fingerprint density at radius 1 is 1.29 bits per heavy atom.